The molecule has 2 saturated heterocycles. The Morgan fingerprint density at radius 1 is 1.30 bits per heavy atom. The van der Waals surface area contributed by atoms with Crippen molar-refractivity contribution in [3.8, 4) is 0 Å². The zero-order chi connectivity index (χ0) is 14.9. The molecule has 0 aromatic rings. The summed E-state index contributed by atoms with van der Waals surface area (Å²) >= 11 is 0. The van der Waals surface area contributed by atoms with Crippen LogP contribution in [0.25, 0.3) is 0 Å². The average Bonchev–Trinajstić information content (AvgIpc) is 2.74. The fraction of sp³-hybridized carbons (Fsp3) is 0.667. The molecule has 1 amide bonds. The average molecular weight is 281 g/mol. The molecule has 0 spiro atoms. The molecule has 2 rings (SSSR count). The Bertz CT molecular complexity index is 407. The molecule has 2 fully saturated rings. The number of fused-ring (bicyclic) bond motifs is 1. The Morgan fingerprint density at radius 3 is 2.50 bits per heavy atom. The standard InChI is InChI=1S/C15H23NO4/c1-6-9-12(16-11(17)8-3)14-13(10(7-2)18-9)19-15(4,5)20-14/h6,8-10,12-14H,1,3,7H2,2,4-5H3,(H,16,17)/t9-,10-,12+,13+,14-/m1/s1. The number of hydrogen-bond donors (Lipinski definition) is 1. The summed E-state index contributed by atoms with van der Waals surface area (Å²) in [6, 6.07) is -0.326. The molecule has 0 aromatic heterocycles. The van der Waals surface area contributed by atoms with Crippen LogP contribution in [0.2, 0.25) is 0 Å². The van der Waals surface area contributed by atoms with Gasteiger partial charge in [-0.1, -0.05) is 19.6 Å². The molecule has 0 aliphatic carbocycles. The maximum absolute atomic E-state index is 11.6. The molecule has 2 aliphatic rings. The van der Waals surface area contributed by atoms with Gasteiger partial charge in [-0.2, -0.15) is 0 Å². The van der Waals surface area contributed by atoms with Crippen molar-refractivity contribution in [3.63, 3.8) is 0 Å². The summed E-state index contributed by atoms with van der Waals surface area (Å²) in [5.41, 5.74) is 0. The van der Waals surface area contributed by atoms with Crippen LogP contribution in [0.3, 0.4) is 0 Å². The second-order valence-corrected chi connectivity index (χ2v) is 5.59. The molecule has 0 bridgehead atoms. The monoisotopic (exact) mass is 281 g/mol. The van der Waals surface area contributed by atoms with Crippen molar-refractivity contribution >= 4 is 5.91 Å². The van der Waals surface area contributed by atoms with Crippen molar-refractivity contribution in [3.05, 3.63) is 25.3 Å². The molecule has 0 saturated carbocycles. The molecule has 1 N–H and O–H groups in total. The van der Waals surface area contributed by atoms with Crippen LogP contribution in [0.5, 0.6) is 0 Å². The SMILES string of the molecule is C=CC(=O)N[C@@H]1[C@H]2OC(C)(C)O[C@H]2[C@@H](CC)O[C@@H]1C=C. The Kier molecular flexibility index (Phi) is 4.32. The Labute approximate surface area is 120 Å². The van der Waals surface area contributed by atoms with Crippen molar-refractivity contribution < 1.29 is 19.0 Å². The molecule has 0 radical (unpaired) electrons. The molecular formula is C15H23NO4. The van der Waals surface area contributed by atoms with Gasteiger partial charge in [0.15, 0.2) is 5.79 Å². The number of carbonyl (C=O) groups excluding carboxylic acids is 1. The highest BCUT2D eigenvalue weighted by molar-refractivity contribution is 5.87. The van der Waals surface area contributed by atoms with Crippen LogP contribution < -0.4 is 5.32 Å². The first kappa shape index (κ1) is 15.2. The minimum absolute atomic E-state index is 0.0679. The third-order valence-electron chi connectivity index (χ3n) is 3.70. The largest absolute Gasteiger partial charge is 0.366 e. The highest BCUT2D eigenvalue weighted by Gasteiger charge is 2.54. The predicted molar refractivity (Wildman–Crippen MR) is 75.1 cm³/mol. The number of carbonyl (C=O) groups is 1. The zero-order valence-electron chi connectivity index (χ0n) is 12.3. The topological polar surface area (TPSA) is 56.8 Å². The maximum atomic E-state index is 11.6. The fourth-order valence-corrected chi connectivity index (χ4v) is 2.85. The first-order chi connectivity index (χ1) is 9.41. The van der Waals surface area contributed by atoms with Gasteiger partial charge in [-0.25, -0.2) is 0 Å². The zero-order valence-corrected chi connectivity index (χ0v) is 12.3. The minimum atomic E-state index is -0.681. The fourth-order valence-electron chi connectivity index (χ4n) is 2.85. The van der Waals surface area contributed by atoms with Crippen molar-refractivity contribution in [1.82, 2.24) is 5.32 Å². The van der Waals surface area contributed by atoms with Crippen molar-refractivity contribution in [1.29, 1.82) is 0 Å². The normalized spacial score (nSPS) is 38.9. The second-order valence-electron chi connectivity index (χ2n) is 5.59. The van der Waals surface area contributed by atoms with Gasteiger partial charge in [0.1, 0.15) is 12.2 Å². The van der Waals surface area contributed by atoms with E-state index in [9.17, 15) is 4.79 Å². The van der Waals surface area contributed by atoms with Gasteiger partial charge in [0.25, 0.3) is 0 Å². The summed E-state index contributed by atoms with van der Waals surface area (Å²) in [6.45, 7) is 13.0. The molecule has 2 heterocycles. The Morgan fingerprint density at radius 2 is 1.95 bits per heavy atom. The number of rotatable bonds is 4. The van der Waals surface area contributed by atoms with E-state index in [1.54, 1.807) is 6.08 Å². The summed E-state index contributed by atoms with van der Waals surface area (Å²) in [4.78, 5) is 11.6. The molecule has 20 heavy (non-hydrogen) atoms. The smallest absolute Gasteiger partial charge is 0.243 e. The van der Waals surface area contributed by atoms with E-state index in [1.807, 2.05) is 20.8 Å². The lowest BCUT2D eigenvalue weighted by Gasteiger charge is -2.41. The summed E-state index contributed by atoms with van der Waals surface area (Å²) in [5.74, 6) is -0.938. The number of nitrogens with one attached hydrogen (secondary N) is 1. The first-order valence-electron chi connectivity index (χ1n) is 6.98. The highest BCUT2D eigenvalue weighted by atomic mass is 16.8. The number of amides is 1. The van der Waals surface area contributed by atoms with Crippen LogP contribution in [0.4, 0.5) is 0 Å². The van der Waals surface area contributed by atoms with E-state index in [1.165, 1.54) is 6.08 Å². The van der Waals surface area contributed by atoms with E-state index >= 15 is 0 Å². The van der Waals surface area contributed by atoms with Crippen LogP contribution in [-0.4, -0.2) is 42.2 Å². The molecule has 5 nitrogen and oxygen atoms in total. The molecule has 5 atom stereocenters. The van der Waals surface area contributed by atoms with Crippen molar-refractivity contribution in [2.45, 2.75) is 63.4 Å². The molecule has 2 aliphatic heterocycles. The van der Waals surface area contributed by atoms with E-state index in [0.717, 1.165) is 6.42 Å². The Hall–Kier alpha value is -1.17. The summed E-state index contributed by atoms with van der Waals surface area (Å²) in [6.07, 6.45) is 2.93. The molecule has 0 aromatic carbocycles. The van der Waals surface area contributed by atoms with E-state index in [4.69, 9.17) is 14.2 Å². The molecular weight excluding hydrogens is 258 g/mol. The van der Waals surface area contributed by atoms with Crippen LogP contribution >= 0.6 is 0 Å². The van der Waals surface area contributed by atoms with Crippen LogP contribution in [-0.2, 0) is 19.0 Å². The van der Waals surface area contributed by atoms with Gasteiger partial charge in [0.2, 0.25) is 5.91 Å². The third-order valence-corrected chi connectivity index (χ3v) is 3.70. The summed E-state index contributed by atoms with van der Waals surface area (Å²) in [7, 11) is 0. The van der Waals surface area contributed by atoms with Gasteiger partial charge in [0, 0.05) is 0 Å². The summed E-state index contributed by atoms with van der Waals surface area (Å²) in [5, 5.41) is 2.87. The second kappa shape index (κ2) is 5.68. The van der Waals surface area contributed by atoms with Gasteiger partial charge in [-0.15, -0.1) is 6.58 Å². The lowest BCUT2D eigenvalue weighted by Crippen LogP contribution is -2.61. The minimum Gasteiger partial charge on any atom is -0.366 e. The van der Waals surface area contributed by atoms with E-state index < -0.39 is 5.79 Å². The molecule has 0 unspecified atom stereocenters. The maximum Gasteiger partial charge on any atom is 0.243 e. The highest BCUT2D eigenvalue weighted by Crippen LogP contribution is 2.38. The quantitative estimate of drug-likeness (QED) is 0.627. The van der Waals surface area contributed by atoms with Crippen LogP contribution in [0.1, 0.15) is 27.2 Å². The number of ether oxygens (including phenoxy) is 3. The third kappa shape index (κ3) is 2.80. The molecule has 5 heteroatoms. The summed E-state index contributed by atoms with van der Waals surface area (Å²) < 4.78 is 17.9. The lowest BCUT2D eigenvalue weighted by atomic mass is 9.91. The van der Waals surface area contributed by atoms with E-state index in [2.05, 4.69) is 18.5 Å². The van der Waals surface area contributed by atoms with Crippen LogP contribution in [0.15, 0.2) is 25.3 Å². The van der Waals surface area contributed by atoms with Gasteiger partial charge in [-0.3, -0.25) is 4.79 Å². The number of hydrogen-bond acceptors (Lipinski definition) is 4. The van der Waals surface area contributed by atoms with Gasteiger partial charge >= 0.3 is 0 Å². The first-order valence-corrected chi connectivity index (χ1v) is 6.98. The van der Waals surface area contributed by atoms with Gasteiger partial charge in [0.05, 0.1) is 18.2 Å². The van der Waals surface area contributed by atoms with Gasteiger partial charge in [-0.05, 0) is 26.3 Å². The van der Waals surface area contributed by atoms with Crippen LogP contribution in [0, 0.1) is 0 Å². The van der Waals surface area contributed by atoms with E-state index in [0.29, 0.717) is 0 Å². The predicted octanol–water partition coefficient (Wildman–Crippen LogP) is 1.54. The Balaban J connectivity index is 2.26. The van der Waals surface area contributed by atoms with E-state index in [-0.39, 0.29) is 36.4 Å². The van der Waals surface area contributed by atoms with Gasteiger partial charge < -0.3 is 19.5 Å². The molecule has 112 valence electrons. The lowest BCUT2D eigenvalue weighted by molar-refractivity contribution is -0.156. The van der Waals surface area contributed by atoms with Crippen molar-refractivity contribution in [2.75, 3.05) is 0 Å². The van der Waals surface area contributed by atoms with Crippen molar-refractivity contribution in [2.24, 2.45) is 0 Å².